The van der Waals surface area contributed by atoms with Gasteiger partial charge in [-0.1, -0.05) is 29.8 Å². The number of aromatic nitrogens is 2. The highest BCUT2D eigenvalue weighted by Gasteiger charge is 2.28. The highest BCUT2D eigenvalue weighted by atomic mass is 35.5. The minimum atomic E-state index is -0.457. The Bertz CT molecular complexity index is 1370. The average molecular weight is 450 g/mol. The van der Waals surface area contributed by atoms with Crippen LogP contribution in [0.5, 0.6) is 5.75 Å². The van der Waals surface area contributed by atoms with E-state index in [2.05, 4.69) is 10.4 Å². The first-order valence-electron chi connectivity index (χ1n) is 10.3. The third kappa shape index (κ3) is 4.11. The Balaban J connectivity index is 1.35. The van der Waals surface area contributed by atoms with E-state index < -0.39 is 5.63 Å². The molecule has 1 amide bonds. The molecule has 8 heteroatoms. The van der Waals surface area contributed by atoms with Gasteiger partial charge in [0.05, 0.1) is 16.4 Å². The van der Waals surface area contributed by atoms with Gasteiger partial charge in [0.15, 0.2) is 6.61 Å². The minimum absolute atomic E-state index is 0.262. The number of nitrogens with one attached hydrogen (secondary N) is 1. The Kier molecular flexibility index (Phi) is 5.19. The second-order valence-corrected chi connectivity index (χ2v) is 8.25. The van der Waals surface area contributed by atoms with E-state index in [1.165, 1.54) is 12.1 Å². The monoisotopic (exact) mass is 449 g/mol. The first-order chi connectivity index (χ1) is 15.5. The van der Waals surface area contributed by atoms with Crippen LogP contribution >= 0.6 is 11.6 Å². The molecule has 1 aliphatic carbocycles. The zero-order valence-electron chi connectivity index (χ0n) is 17.3. The number of carbonyl (C=O) groups excluding carboxylic acids is 1. The maximum atomic E-state index is 12.7. The molecule has 2 heterocycles. The Hall–Kier alpha value is -3.58. The van der Waals surface area contributed by atoms with Crippen molar-refractivity contribution in [2.75, 3.05) is 11.9 Å². The van der Waals surface area contributed by atoms with Crippen molar-refractivity contribution in [2.45, 2.75) is 25.7 Å². The predicted molar refractivity (Wildman–Crippen MR) is 122 cm³/mol. The van der Waals surface area contributed by atoms with Gasteiger partial charge >= 0.3 is 5.63 Å². The SMILES string of the molecule is Cc1cc(=O)oc2cc(OCC(=O)Nc3cc(C4CC4)nn3-c3ccccc3)c(Cl)cc12. The summed E-state index contributed by atoms with van der Waals surface area (Å²) in [4.78, 5) is 24.3. The van der Waals surface area contributed by atoms with Crippen LogP contribution in [-0.2, 0) is 4.79 Å². The topological polar surface area (TPSA) is 86.4 Å². The van der Waals surface area contributed by atoms with Crippen molar-refractivity contribution in [3.05, 3.63) is 81.3 Å². The van der Waals surface area contributed by atoms with E-state index in [0.717, 1.165) is 29.8 Å². The largest absolute Gasteiger partial charge is 0.482 e. The summed E-state index contributed by atoms with van der Waals surface area (Å²) < 4.78 is 12.6. The first-order valence-corrected chi connectivity index (χ1v) is 10.7. The van der Waals surface area contributed by atoms with Crippen molar-refractivity contribution in [1.82, 2.24) is 9.78 Å². The molecule has 162 valence electrons. The molecule has 1 N–H and O–H groups in total. The molecule has 5 rings (SSSR count). The Morgan fingerprint density at radius 3 is 2.75 bits per heavy atom. The van der Waals surface area contributed by atoms with Gasteiger partial charge < -0.3 is 14.5 Å². The number of para-hydroxylation sites is 1. The quantitative estimate of drug-likeness (QED) is 0.426. The molecule has 2 aromatic carbocycles. The van der Waals surface area contributed by atoms with E-state index in [-0.39, 0.29) is 18.3 Å². The van der Waals surface area contributed by atoms with E-state index in [1.807, 2.05) is 36.4 Å². The van der Waals surface area contributed by atoms with Crippen molar-refractivity contribution in [3.8, 4) is 11.4 Å². The number of fused-ring (bicyclic) bond motifs is 1. The van der Waals surface area contributed by atoms with Crippen LogP contribution in [0, 0.1) is 6.92 Å². The van der Waals surface area contributed by atoms with Gasteiger partial charge in [-0.25, -0.2) is 9.48 Å². The second-order valence-electron chi connectivity index (χ2n) is 7.84. The highest BCUT2D eigenvalue weighted by molar-refractivity contribution is 6.32. The summed E-state index contributed by atoms with van der Waals surface area (Å²) in [5.74, 6) is 0.934. The zero-order valence-corrected chi connectivity index (χ0v) is 18.1. The van der Waals surface area contributed by atoms with Crippen molar-refractivity contribution < 1.29 is 13.9 Å². The molecule has 1 saturated carbocycles. The lowest BCUT2D eigenvalue weighted by Gasteiger charge is -2.11. The number of carbonyl (C=O) groups is 1. The summed E-state index contributed by atoms with van der Waals surface area (Å²) in [6.07, 6.45) is 2.22. The van der Waals surface area contributed by atoms with E-state index in [1.54, 1.807) is 17.7 Å². The highest BCUT2D eigenvalue weighted by Crippen LogP contribution is 2.40. The van der Waals surface area contributed by atoms with Crippen LogP contribution in [0.2, 0.25) is 5.02 Å². The fourth-order valence-electron chi connectivity index (χ4n) is 3.59. The predicted octanol–water partition coefficient (Wildman–Crippen LogP) is 4.84. The maximum absolute atomic E-state index is 12.7. The van der Waals surface area contributed by atoms with Crippen molar-refractivity contribution in [3.63, 3.8) is 0 Å². The molecule has 4 aromatic rings. The molecule has 0 radical (unpaired) electrons. The number of ether oxygens (including phenoxy) is 1. The van der Waals surface area contributed by atoms with Crippen LogP contribution in [0.3, 0.4) is 0 Å². The standard InChI is InChI=1S/C24H20ClN3O4/c1-14-9-24(30)32-20-12-21(18(25)10-17(14)20)31-13-23(29)26-22-11-19(15-7-8-15)27-28(22)16-5-3-2-4-6-16/h2-6,9-12,15H,7-8,13H2,1H3,(H,26,29). The van der Waals surface area contributed by atoms with Gasteiger partial charge in [0.1, 0.15) is 17.2 Å². The van der Waals surface area contributed by atoms with E-state index >= 15 is 0 Å². The first kappa shape index (κ1) is 20.3. The number of anilines is 1. The molecule has 0 spiro atoms. The molecule has 32 heavy (non-hydrogen) atoms. The van der Waals surface area contributed by atoms with Gasteiger partial charge in [0.2, 0.25) is 0 Å². The lowest BCUT2D eigenvalue weighted by molar-refractivity contribution is -0.118. The Labute approximate surface area is 188 Å². The third-order valence-corrected chi connectivity index (χ3v) is 5.65. The van der Waals surface area contributed by atoms with Crippen molar-refractivity contribution >= 4 is 34.3 Å². The van der Waals surface area contributed by atoms with Gasteiger partial charge in [-0.3, -0.25) is 4.79 Å². The Morgan fingerprint density at radius 1 is 1.22 bits per heavy atom. The van der Waals surface area contributed by atoms with E-state index in [9.17, 15) is 9.59 Å². The van der Waals surface area contributed by atoms with Crippen LogP contribution in [-0.4, -0.2) is 22.3 Å². The lowest BCUT2D eigenvalue weighted by atomic mass is 10.1. The van der Waals surface area contributed by atoms with Crippen LogP contribution in [0.4, 0.5) is 5.82 Å². The molecule has 0 saturated heterocycles. The maximum Gasteiger partial charge on any atom is 0.336 e. The van der Waals surface area contributed by atoms with Crippen LogP contribution in [0.25, 0.3) is 16.7 Å². The van der Waals surface area contributed by atoms with Crippen molar-refractivity contribution in [1.29, 1.82) is 0 Å². The molecular formula is C24H20ClN3O4. The molecule has 1 aliphatic rings. The van der Waals surface area contributed by atoms with E-state index in [4.69, 9.17) is 20.8 Å². The number of rotatable bonds is 6. The summed E-state index contributed by atoms with van der Waals surface area (Å²) in [6, 6.07) is 16.1. The summed E-state index contributed by atoms with van der Waals surface area (Å²) in [5.41, 5.74) is 2.47. The van der Waals surface area contributed by atoms with Gasteiger partial charge in [0, 0.05) is 29.5 Å². The molecule has 7 nitrogen and oxygen atoms in total. The molecule has 0 atom stereocenters. The van der Waals surface area contributed by atoms with Gasteiger partial charge in [-0.15, -0.1) is 0 Å². The number of hydrogen-bond acceptors (Lipinski definition) is 5. The van der Waals surface area contributed by atoms with Gasteiger partial charge in [-0.2, -0.15) is 5.10 Å². The number of aryl methyl sites for hydroxylation is 1. The fraction of sp³-hybridized carbons (Fsp3) is 0.208. The number of hydrogen-bond donors (Lipinski definition) is 1. The number of halogens is 1. The lowest BCUT2D eigenvalue weighted by Crippen LogP contribution is -2.22. The smallest absolute Gasteiger partial charge is 0.336 e. The Morgan fingerprint density at radius 2 is 2.00 bits per heavy atom. The van der Waals surface area contributed by atoms with Gasteiger partial charge in [0.25, 0.3) is 5.91 Å². The third-order valence-electron chi connectivity index (χ3n) is 5.35. The van der Waals surface area contributed by atoms with E-state index in [0.29, 0.717) is 27.7 Å². The zero-order chi connectivity index (χ0) is 22.2. The molecule has 2 aromatic heterocycles. The van der Waals surface area contributed by atoms with Gasteiger partial charge in [-0.05, 0) is 43.5 Å². The normalized spacial score (nSPS) is 13.3. The summed E-state index contributed by atoms with van der Waals surface area (Å²) in [6.45, 7) is 1.54. The summed E-state index contributed by atoms with van der Waals surface area (Å²) in [7, 11) is 0. The van der Waals surface area contributed by atoms with Crippen LogP contribution < -0.4 is 15.7 Å². The molecule has 0 bridgehead atoms. The van der Waals surface area contributed by atoms with Crippen LogP contribution in [0.1, 0.15) is 30.0 Å². The number of amides is 1. The average Bonchev–Trinajstić information content (AvgIpc) is 3.54. The second kappa shape index (κ2) is 8.16. The summed E-state index contributed by atoms with van der Waals surface area (Å²) >= 11 is 6.32. The molecule has 1 fully saturated rings. The fourth-order valence-corrected chi connectivity index (χ4v) is 3.80. The van der Waals surface area contributed by atoms with Crippen molar-refractivity contribution in [2.24, 2.45) is 0 Å². The number of nitrogens with zero attached hydrogens (tertiary/aromatic N) is 2. The molecule has 0 unspecified atom stereocenters. The molecule has 0 aliphatic heterocycles. The molecular weight excluding hydrogens is 430 g/mol. The summed E-state index contributed by atoms with van der Waals surface area (Å²) in [5, 5.41) is 8.59. The van der Waals surface area contributed by atoms with Crippen LogP contribution in [0.15, 0.2) is 63.8 Å². The minimum Gasteiger partial charge on any atom is -0.482 e. The number of benzene rings is 2.